The van der Waals surface area contributed by atoms with Crippen LogP contribution in [0.4, 0.5) is 0 Å². The molecule has 0 aliphatic rings. The smallest absolute Gasteiger partial charge is 0.0449 e. The molecule has 0 saturated carbocycles. The third-order valence-corrected chi connectivity index (χ3v) is 2.59. The Labute approximate surface area is 81.5 Å². The lowest BCUT2D eigenvalue weighted by Crippen LogP contribution is -2.19. The van der Waals surface area contributed by atoms with Crippen LogP contribution in [0.2, 0.25) is 5.02 Å². The number of rotatable bonds is 0. The van der Waals surface area contributed by atoms with Crippen molar-refractivity contribution in [2.75, 3.05) is 0 Å². The lowest BCUT2D eigenvalue weighted by molar-refractivity contribution is 0.594. The maximum Gasteiger partial charge on any atom is 0.0449 e. The van der Waals surface area contributed by atoms with Gasteiger partial charge in [-0.2, -0.15) is 0 Å². The summed E-state index contributed by atoms with van der Waals surface area (Å²) in [5, 5.41) is 2.05. The molecule has 1 unspecified atom stereocenters. The monoisotopic (exact) mass is 200 g/mol. The van der Waals surface area contributed by atoms with Gasteiger partial charge in [-0.05, 0) is 22.3 Å². The summed E-state index contributed by atoms with van der Waals surface area (Å²) in [6.07, 6.45) is 0. The molecule has 0 fully saturated rings. The van der Waals surface area contributed by atoms with Crippen LogP contribution in [0.1, 0.15) is 26.3 Å². The van der Waals surface area contributed by atoms with Gasteiger partial charge in [0, 0.05) is 5.02 Å². The summed E-state index contributed by atoms with van der Waals surface area (Å²) in [5.41, 5.74) is 1.34. The Hall–Kier alpha value is -0.0600. The van der Waals surface area contributed by atoms with Crippen LogP contribution in [0.15, 0.2) is 18.2 Å². The zero-order chi connectivity index (χ0) is 9.35. The summed E-state index contributed by atoms with van der Waals surface area (Å²) >= 11 is 6.10. The largest absolute Gasteiger partial charge is 0.105 e. The second-order valence-electron chi connectivity index (χ2n) is 3.95. The van der Waals surface area contributed by atoms with Crippen molar-refractivity contribution in [3.63, 3.8) is 0 Å². The van der Waals surface area contributed by atoms with Crippen LogP contribution in [0.25, 0.3) is 0 Å². The van der Waals surface area contributed by atoms with Crippen molar-refractivity contribution in [2.24, 2.45) is 0 Å². The van der Waals surface area contributed by atoms with E-state index in [1.165, 1.54) is 10.9 Å². The molecule has 0 radical (unpaired) electrons. The minimum absolute atomic E-state index is 0.120. The van der Waals surface area contributed by atoms with Crippen molar-refractivity contribution in [1.29, 1.82) is 0 Å². The van der Waals surface area contributed by atoms with Crippen molar-refractivity contribution in [3.05, 3.63) is 28.8 Å². The molecule has 1 aromatic carbocycles. The summed E-state index contributed by atoms with van der Waals surface area (Å²) < 4.78 is 0. The average Bonchev–Trinajstić information content (AvgIpc) is 1.82. The van der Waals surface area contributed by atoms with E-state index >= 15 is 0 Å². The highest BCUT2D eigenvalue weighted by Crippen LogP contribution is 2.28. The third-order valence-electron chi connectivity index (χ3n) is 1.80. The first-order valence-electron chi connectivity index (χ1n) is 3.97. The highest BCUT2D eigenvalue weighted by Gasteiger charge is 2.18. The number of halogens is 1. The molecule has 0 nitrogen and oxygen atoms in total. The van der Waals surface area contributed by atoms with Gasteiger partial charge in [0.1, 0.15) is 0 Å². The molecule has 66 valence electrons. The summed E-state index contributed by atoms with van der Waals surface area (Å²) in [4.78, 5) is 0. The minimum atomic E-state index is 0.120. The van der Waals surface area contributed by atoms with Gasteiger partial charge in [-0.3, -0.25) is 0 Å². The van der Waals surface area contributed by atoms with Crippen LogP contribution < -0.4 is 5.30 Å². The molecule has 0 N–H and O–H groups in total. The maximum atomic E-state index is 6.10. The van der Waals surface area contributed by atoms with E-state index in [1.807, 2.05) is 12.1 Å². The molecular weight excluding hydrogens is 187 g/mol. The van der Waals surface area contributed by atoms with Crippen LogP contribution in [0.3, 0.4) is 0 Å². The van der Waals surface area contributed by atoms with E-state index in [-0.39, 0.29) is 5.41 Å². The van der Waals surface area contributed by atoms with Gasteiger partial charge in [0.25, 0.3) is 0 Å². The van der Waals surface area contributed by atoms with E-state index in [2.05, 4.69) is 36.1 Å². The highest BCUT2D eigenvalue weighted by atomic mass is 35.5. The van der Waals surface area contributed by atoms with Crippen LogP contribution in [0.5, 0.6) is 0 Å². The van der Waals surface area contributed by atoms with E-state index in [1.54, 1.807) is 0 Å². The fourth-order valence-electron chi connectivity index (χ4n) is 1.33. The molecule has 0 bridgehead atoms. The molecule has 0 heterocycles. The van der Waals surface area contributed by atoms with Gasteiger partial charge in [0.05, 0.1) is 0 Å². The van der Waals surface area contributed by atoms with E-state index in [0.717, 1.165) is 5.02 Å². The second-order valence-corrected chi connectivity index (χ2v) is 4.98. The molecule has 1 atom stereocenters. The first kappa shape index (κ1) is 10.0. The second kappa shape index (κ2) is 3.36. The highest BCUT2D eigenvalue weighted by molar-refractivity contribution is 7.27. The van der Waals surface area contributed by atoms with Crippen molar-refractivity contribution in [3.8, 4) is 0 Å². The quantitative estimate of drug-likeness (QED) is 0.565. The predicted octanol–water partition coefficient (Wildman–Crippen LogP) is 3.14. The molecule has 12 heavy (non-hydrogen) atoms. The Morgan fingerprint density at radius 2 is 1.83 bits per heavy atom. The lowest BCUT2D eigenvalue weighted by atomic mass is 9.87. The Bertz CT molecular complexity index is 266. The van der Waals surface area contributed by atoms with Crippen molar-refractivity contribution in [1.82, 2.24) is 0 Å². The SMILES string of the molecule is CC(C)(C)c1c(P)cccc1Cl. The van der Waals surface area contributed by atoms with Crippen LogP contribution >= 0.6 is 20.8 Å². The Morgan fingerprint density at radius 1 is 1.25 bits per heavy atom. The molecule has 0 spiro atoms. The topological polar surface area (TPSA) is 0 Å². The average molecular weight is 201 g/mol. The van der Waals surface area contributed by atoms with Crippen LogP contribution in [-0.2, 0) is 5.41 Å². The maximum absolute atomic E-state index is 6.10. The molecule has 0 aliphatic heterocycles. The van der Waals surface area contributed by atoms with Gasteiger partial charge in [-0.1, -0.05) is 44.5 Å². The number of benzene rings is 1. The summed E-state index contributed by atoms with van der Waals surface area (Å²) in [6.45, 7) is 6.51. The summed E-state index contributed by atoms with van der Waals surface area (Å²) in [6, 6.07) is 5.98. The fraction of sp³-hybridized carbons (Fsp3) is 0.400. The molecular formula is C10H14ClP. The van der Waals surface area contributed by atoms with Crippen LogP contribution in [-0.4, -0.2) is 0 Å². The summed E-state index contributed by atoms with van der Waals surface area (Å²) in [7, 11) is 2.72. The van der Waals surface area contributed by atoms with E-state index in [0.29, 0.717) is 0 Å². The predicted molar refractivity (Wildman–Crippen MR) is 59.5 cm³/mol. The van der Waals surface area contributed by atoms with E-state index in [9.17, 15) is 0 Å². The lowest BCUT2D eigenvalue weighted by Gasteiger charge is -2.22. The molecule has 2 heteroatoms. The zero-order valence-electron chi connectivity index (χ0n) is 7.69. The molecule has 1 aromatic rings. The third kappa shape index (κ3) is 2.00. The van der Waals surface area contributed by atoms with E-state index in [4.69, 9.17) is 11.6 Å². The normalized spacial score (nSPS) is 11.8. The van der Waals surface area contributed by atoms with Gasteiger partial charge in [-0.25, -0.2) is 0 Å². The first-order chi connectivity index (χ1) is 5.43. The van der Waals surface area contributed by atoms with Crippen molar-refractivity contribution >= 4 is 26.1 Å². The molecule has 0 aromatic heterocycles. The van der Waals surface area contributed by atoms with Gasteiger partial charge in [-0.15, -0.1) is 9.24 Å². The van der Waals surface area contributed by atoms with E-state index < -0.39 is 0 Å². The molecule has 0 amide bonds. The molecule has 0 aliphatic carbocycles. The Kier molecular flexibility index (Phi) is 2.81. The minimum Gasteiger partial charge on any atom is -0.105 e. The number of hydrogen-bond acceptors (Lipinski definition) is 0. The number of hydrogen-bond donors (Lipinski definition) is 0. The molecule has 1 rings (SSSR count). The Morgan fingerprint density at radius 3 is 2.17 bits per heavy atom. The van der Waals surface area contributed by atoms with Gasteiger partial charge >= 0.3 is 0 Å². The zero-order valence-corrected chi connectivity index (χ0v) is 9.60. The van der Waals surface area contributed by atoms with Gasteiger partial charge < -0.3 is 0 Å². The molecule has 0 saturated heterocycles. The standard InChI is InChI=1S/C10H14ClP/c1-10(2,3)9-7(11)5-4-6-8(9)12/h4-6H,12H2,1-3H3. The van der Waals surface area contributed by atoms with Gasteiger partial charge in [0.2, 0.25) is 0 Å². The van der Waals surface area contributed by atoms with Crippen molar-refractivity contribution < 1.29 is 0 Å². The van der Waals surface area contributed by atoms with Gasteiger partial charge in [0.15, 0.2) is 0 Å². The van der Waals surface area contributed by atoms with Crippen LogP contribution in [0, 0.1) is 0 Å². The Balaban J connectivity index is 3.31. The fourth-order valence-corrected chi connectivity index (χ4v) is 2.59. The summed E-state index contributed by atoms with van der Waals surface area (Å²) in [5.74, 6) is 0. The van der Waals surface area contributed by atoms with Crippen molar-refractivity contribution in [2.45, 2.75) is 26.2 Å². The first-order valence-corrected chi connectivity index (χ1v) is 4.93.